The zero-order valence-corrected chi connectivity index (χ0v) is 17.4. The SMILES string of the molecule is COc1cc(N2CCOCC2=O)ccc1N1CC(CNC(=O)c2ccc(Cl)o2)OC1=O. The minimum absolute atomic E-state index is 0.0279. The topological polar surface area (TPSA) is 111 Å². The maximum atomic E-state index is 12.4. The number of carbonyl (C=O) groups is 3. The lowest BCUT2D eigenvalue weighted by Gasteiger charge is -2.28. The Hall–Kier alpha value is -3.24. The summed E-state index contributed by atoms with van der Waals surface area (Å²) in [5.41, 5.74) is 1.16. The molecule has 1 N–H and O–H groups in total. The van der Waals surface area contributed by atoms with E-state index in [0.29, 0.717) is 30.3 Å². The van der Waals surface area contributed by atoms with E-state index in [-0.39, 0.29) is 36.6 Å². The summed E-state index contributed by atoms with van der Waals surface area (Å²) in [5.74, 6) is -0.112. The molecule has 2 aromatic rings. The van der Waals surface area contributed by atoms with E-state index in [0.717, 1.165) is 0 Å². The first kappa shape index (κ1) is 21.0. The van der Waals surface area contributed by atoms with Gasteiger partial charge in [0.25, 0.3) is 11.8 Å². The number of nitrogens with one attached hydrogen (secondary N) is 1. The maximum Gasteiger partial charge on any atom is 0.414 e. The van der Waals surface area contributed by atoms with Crippen molar-refractivity contribution >= 4 is 40.9 Å². The van der Waals surface area contributed by atoms with Crippen LogP contribution in [0.2, 0.25) is 5.22 Å². The molecule has 1 unspecified atom stereocenters. The first-order chi connectivity index (χ1) is 15.0. The molecule has 2 fully saturated rings. The highest BCUT2D eigenvalue weighted by Crippen LogP contribution is 2.35. The molecule has 2 saturated heterocycles. The maximum absolute atomic E-state index is 12.4. The lowest BCUT2D eigenvalue weighted by atomic mass is 10.2. The van der Waals surface area contributed by atoms with Crippen molar-refractivity contribution in [1.82, 2.24) is 5.32 Å². The molecule has 0 spiro atoms. The molecule has 11 heteroatoms. The van der Waals surface area contributed by atoms with Crippen LogP contribution < -0.4 is 19.9 Å². The minimum atomic E-state index is -0.563. The largest absolute Gasteiger partial charge is 0.494 e. The number of furan rings is 1. The zero-order chi connectivity index (χ0) is 22.0. The average Bonchev–Trinajstić information content (AvgIpc) is 3.37. The van der Waals surface area contributed by atoms with Crippen LogP contribution in [0.5, 0.6) is 5.75 Å². The van der Waals surface area contributed by atoms with Gasteiger partial charge in [-0.05, 0) is 35.9 Å². The Balaban J connectivity index is 1.43. The van der Waals surface area contributed by atoms with Crippen LogP contribution in [-0.4, -0.2) is 64.0 Å². The molecule has 2 aliphatic rings. The third-order valence-corrected chi connectivity index (χ3v) is 5.12. The smallest absolute Gasteiger partial charge is 0.414 e. The number of anilines is 2. The number of cyclic esters (lactones) is 1. The van der Waals surface area contributed by atoms with Crippen molar-refractivity contribution in [3.05, 3.63) is 41.3 Å². The average molecular weight is 450 g/mol. The van der Waals surface area contributed by atoms with E-state index in [9.17, 15) is 14.4 Å². The molecule has 2 aliphatic heterocycles. The van der Waals surface area contributed by atoms with E-state index in [4.69, 9.17) is 30.2 Å². The molecule has 4 rings (SSSR count). The quantitative estimate of drug-likeness (QED) is 0.718. The van der Waals surface area contributed by atoms with Gasteiger partial charge in [-0.1, -0.05) is 0 Å². The van der Waals surface area contributed by atoms with Gasteiger partial charge in [-0.15, -0.1) is 0 Å². The van der Waals surface area contributed by atoms with E-state index in [1.807, 2.05) is 0 Å². The first-order valence-corrected chi connectivity index (χ1v) is 9.92. The Morgan fingerprint density at radius 2 is 2.10 bits per heavy atom. The summed E-state index contributed by atoms with van der Waals surface area (Å²) in [6.07, 6.45) is -1.12. The van der Waals surface area contributed by atoms with Crippen LogP contribution in [0.15, 0.2) is 34.7 Å². The number of benzene rings is 1. The highest BCUT2D eigenvalue weighted by molar-refractivity contribution is 6.29. The molecular weight excluding hydrogens is 430 g/mol. The van der Waals surface area contributed by atoms with Crippen LogP contribution in [0.25, 0.3) is 0 Å². The van der Waals surface area contributed by atoms with Crippen molar-refractivity contribution < 1.29 is 33.0 Å². The summed E-state index contributed by atoms with van der Waals surface area (Å²) >= 11 is 5.67. The highest BCUT2D eigenvalue weighted by atomic mass is 35.5. The Labute approximate surface area is 182 Å². The Morgan fingerprint density at radius 1 is 1.26 bits per heavy atom. The second-order valence-electron chi connectivity index (χ2n) is 6.88. The molecule has 164 valence electrons. The van der Waals surface area contributed by atoms with Gasteiger partial charge in [-0.2, -0.15) is 0 Å². The molecule has 1 aromatic heterocycles. The number of carbonyl (C=O) groups excluding carboxylic acids is 3. The molecule has 0 bridgehead atoms. The molecular formula is C20H20ClN3O7. The van der Waals surface area contributed by atoms with Gasteiger partial charge in [-0.25, -0.2) is 4.79 Å². The van der Waals surface area contributed by atoms with Crippen LogP contribution in [0, 0.1) is 0 Å². The van der Waals surface area contributed by atoms with Gasteiger partial charge in [0.2, 0.25) is 0 Å². The van der Waals surface area contributed by atoms with Gasteiger partial charge in [-0.3, -0.25) is 14.5 Å². The Bertz CT molecular complexity index is 1010. The van der Waals surface area contributed by atoms with Crippen molar-refractivity contribution in [2.24, 2.45) is 0 Å². The van der Waals surface area contributed by atoms with Gasteiger partial charge in [0.1, 0.15) is 18.5 Å². The summed E-state index contributed by atoms with van der Waals surface area (Å²) in [7, 11) is 1.48. The second kappa shape index (κ2) is 8.86. The standard InChI is InChI=1S/C20H20ClN3O7/c1-28-16-8-12(23-6-7-29-11-18(23)25)2-3-14(16)24-10-13(30-20(24)27)9-22-19(26)15-4-5-17(21)31-15/h2-5,8,13H,6-7,9-11H2,1H3,(H,22,26). The second-order valence-corrected chi connectivity index (χ2v) is 7.26. The van der Waals surface area contributed by atoms with Crippen LogP contribution in [-0.2, 0) is 14.3 Å². The molecule has 1 atom stereocenters. The van der Waals surface area contributed by atoms with Crippen molar-refractivity contribution in [1.29, 1.82) is 0 Å². The van der Waals surface area contributed by atoms with E-state index in [1.54, 1.807) is 23.1 Å². The van der Waals surface area contributed by atoms with E-state index in [2.05, 4.69) is 5.32 Å². The van der Waals surface area contributed by atoms with E-state index in [1.165, 1.54) is 24.1 Å². The van der Waals surface area contributed by atoms with Crippen LogP contribution >= 0.6 is 11.6 Å². The fourth-order valence-electron chi connectivity index (χ4n) is 3.40. The fraction of sp³-hybridized carbons (Fsp3) is 0.350. The predicted molar refractivity (Wildman–Crippen MR) is 110 cm³/mol. The summed E-state index contributed by atoms with van der Waals surface area (Å²) < 4.78 is 21.0. The van der Waals surface area contributed by atoms with E-state index < -0.39 is 18.1 Å². The molecule has 0 aliphatic carbocycles. The number of morpholine rings is 1. The van der Waals surface area contributed by atoms with Gasteiger partial charge in [0.05, 0.1) is 32.5 Å². The van der Waals surface area contributed by atoms with Crippen molar-refractivity contribution in [2.75, 3.05) is 49.8 Å². The lowest BCUT2D eigenvalue weighted by Crippen LogP contribution is -2.41. The molecule has 0 saturated carbocycles. The number of nitrogens with zero attached hydrogens (tertiary/aromatic N) is 2. The third kappa shape index (κ3) is 4.44. The Morgan fingerprint density at radius 3 is 2.81 bits per heavy atom. The number of methoxy groups -OCH3 is 1. The number of ether oxygens (including phenoxy) is 3. The summed E-state index contributed by atoms with van der Waals surface area (Å²) in [6, 6.07) is 8.06. The van der Waals surface area contributed by atoms with Crippen LogP contribution in [0.4, 0.5) is 16.2 Å². The molecule has 31 heavy (non-hydrogen) atoms. The molecule has 3 heterocycles. The number of hydrogen-bond donors (Lipinski definition) is 1. The van der Waals surface area contributed by atoms with Crippen LogP contribution in [0.3, 0.4) is 0 Å². The zero-order valence-electron chi connectivity index (χ0n) is 16.6. The third-order valence-electron chi connectivity index (χ3n) is 4.91. The number of halogens is 1. The molecule has 0 radical (unpaired) electrons. The van der Waals surface area contributed by atoms with Gasteiger partial charge in [0.15, 0.2) is 11.0 Å². The number of hydrogen-bond acceptors (Lipinski definition) is 7. The van der Waals surface area contributed by atoms with Crippen molar-refractivity contribution in [2.45, 2.75) is 6.10 Å². The van der Waals surface area contributed by atoms with Gasteiger partial charge < -0.3 is 28.8 Å². The summed E-state index contributed by atoms with van der Waals surface area (Å²) in [6.45, 7) is 1.23. The molecule has 3 amide bonds. The fourth-order valence-corrected chi connectivity index (χ4v) is 3.55. The lowest BCUT2D eigenvalue weighted by molar-refractivity contribution is -0.125. The van der Waals surface area contributed by atoms with Gasteiger partial charge >= 0.3 is 6.09 Å². The first-order valence-electron chi connectivity index (χ1n) is 9.54. The van der Waals surface area contributed by atoms with Crippen LogP contribution in [0.1, 0.15) is 10.6 Å². The molecule has 1 aromatic carbocycles. The number of rotatable bonds is 6. The normalized spacial score (nSPS) is 18.8. The highest BCUT2D eigenvalue weighted by Gasteiger charge is 2.34. The van der Waals surface area contributed by atoms with Crippen molar-refractivity contribution in [3.63, 3.8) is 0 Å². The minimum Gasteiger partial charge on any atom is -0.494 e. The van der Waals surface area contributed by atoms with E-state index >= 15 is 0 Å². The molecule has 10 nitrogen and oxygen atoms in total. The Kier molecular flexibility index (Phi) is 6.01. The van der Waals surface area contributed by atoms with Crippen molar-refractivity contribution in [3.8, 4) is 5.75 Å². The summed E-state index contributed by atoms with van der Waals surface area (Å²) in [5, 5.41) is 2.76. The summed E-state index contributed by atoms with van der Waals surface area (Å²) in [4.78, 5) is 39.6. The predicted octanol–water partition coefficient (Wildman–Crippen LogP) is 2.06. The van der Waals surface area contributed by atoms with Gasteiger partial charge in [0, 0.05) is 18.3 Å². The number of amides is 3. The monoisotopic (exact) mass is 449 g/mol.